The van der Waals surface area contributed by atoms with Crippen LogP contribution in [0.3, 0.4) is 0 Å². The van der Waals surface area contributed by atoms with Gasteiger partial charge < -0.3 is 20.7 Å². The maximum atomic E-state index is 13.8. The zero-order valence-corrected chi connectivity index (χ0v) is 19.5. The molecule has 0 saturated heterocycles. The van der Waals surface area contributed by atoms with Gasteiger partial charge in [-0.25, -0.2) is 8.78 Å². The predicted molar refractivity (Wildman–Crippen MR) is 133 cm³/mol. The molecule has 1 aromatic heterocycles. The zero-order chi connectivity index (χ0) is 24.8. The molecule has 4 N–H and O–H groups in total. The lowest BCUT2D eigenvalue weighted by Gasteiger charge is -2.25. The fraction of sp³-hybridized carbons (Fsp3) is 0.250. The number of H-pyrrole nitrogens is 1. The van der Waals surface area contributed by atoms with Gasteiger partial charge in [-0.05, 0) is 47.7 Å². The van der Waals surface area contributed by atoms with Gasteiger partial charge >= 0.3 is 0 Å². The molecule has 1 amide bonds. The van der Waals surface area contributed by atoms with Crippen LogP contribution < -0.4 is 10.6 Å². The van der Waals surface area contributed by atoms with Gasteiger partial charge in [0.05, 0.1) is 17.7 Å². The van der Waals surface area contributed by atoms with Crippen molar-refractivity contribution in [1.82, 2.24) is 15.6 Å². The molecule has 0 radical (unpaired) electrons. The summed E-state index contributed by atoms with van der Waals surface area (Å²) in [5.74, 6) is -1.78. The number of hydrogen-bond acceptors (Lipinski definition) is 3. The Balaban J connectivity index is 1.49. The first-order chi connectivity index (χ1) is 16.9. The zero-order valence-electron chi connectivity index (χ0n) is 19.5. The number of para-hydroxylation sites is 1. The summed E-state index contributed by atoms with van der Waals surface area (Å²) >= 11 is 0. The Morgan fingerprint density at radius 1 is 0.971 bits per heavy atom. The number of aliphatic hydroxyl groups excluding tert-OH is 1. The monoisotopic (exact) mass is 477 g/mol. The topological polar surface area (TPSA) is 77.2 Å². The van der Waals surface area contributed by atoms with E-state index in [-0.39, 0.29) is 18.9 Å². The number of aryl methyl sites for hydroxylation is 1. The summed E-state index contributed by atoms with van der Waals surface area (Å²) in [6, 6.07) is 18.0. The van der Waals surface area contributed by atoms with Crippen molar-refractivity contribution in [3.8, 4) is 0 Å². The molecule has 3 aromatic carbocycles. The van der Waals surface area contributed by atoms with Crippen LogP contribution in [-0.2, 0) is 19.4 Å². The van der Waals surface area contributed by atoms with Gasteiger partial charge in [-0.2, -0.15) is 0 Å². The number of carbonyl (C=O) groups excluding carboxylic acids is 1. The standard InChI is InChI=1S/C28H29F2N3O2/c1-2-18-6-5-7-19(10-18)15-31-17-27(34)26(13-20-11-21(29)14-22(30)12-20)33-28(35)24-16-32-25-9-4-3-8-23(24)25/h3-12,14,16,26-27,31-32,34H,2,13,15,17H2,1H3,(H,33,35)/t26-,27+/m1/s1. The minimum Gasteiger partial charge on any atom is -0.390 e. The Bertz CT molecular complexity index is 1280. The third-order valence-electron chi connectivity index (χ3n) is 6.08. The van der Waals surface area contributed by atoms with Crippen LogP contribution >= 0.6 is 0 Å². The Labute approximate surface area is 203 Å². The summed E-state index contributed by atoms with van der Waals surface area (Å²) in [7, 11) is 0. The van der Waals surface area contributed by atoms with Gasteiger partial charge in [-0.1, -0.05) is 49.4 Å². The SMILES string of the molecule is CCc1cccc(CNC[C@H](O)[C@@H](Cc2cc(F)cc(F)c2)NC(=O)c2c[nH]c3ccccc23)c1. The number of carbonyl (C=O) groups is 1. The van der Waals surface area contributed by atoms with E-state index in [2.05, 4.69) is 34.7 Å². The fourth-order valence-electron chi connectivity index (χ4n) is 4.24. The van der Waals surface area contributed by atoms with Gasteiger partial charge in [-0.15, -0.1) is 0 Å². The van der Waals surface area contributed by atoms with Crippen molar-refractivity contribution in [2.45, 2.75) is 38.5 Å². The third-order valence-corrected chi connectivity index (χ3v) is 6.08. The number of fused-ring (bicyclic) bond motifs is 1. The molecule has 2 atom stereocenters. The number of hydrogen-bond donors (Lipinski definition) is 4. The van der Waals surface area contributed by atoms with Gasteiger partial charge in [0, 0.05) is 36.3 Å². The quantitative estimate of drug-likeness (QED) is 0.272. The highest BCUT2D eigenvalue weighted by Gasteiger charge is 2.24. The summed E-state index contributed by atoms with van der Waals surface area (Å²) in [5, 5.41) is 17.8. The molecule has 0 bridgehead atoms. The van der Waals surface area contributed by atoms with Crippen molar-refractivity contribution in [3.63, 3.8) is 0 Å². The second-order valence-corrected chi connectivity index (χ2v) is 8.68. The Kier molecular flexibility index (Phi) is 7.90. The lowest BCUT2D eigenvalue weighted by molar-refractivity contribution is 0.0831. The van der Waals surface area contributed by atoms with E-state index in [1.807, 2.05) is 36.4 Å². The molecule has 7 heteroatoms. The number of nitrogens with one attached hydrogen (secondary N) is 3. The van der Waals surface area contributed by atoms with Crippen LogP contribution in [0, 0.1) is 11.6 Å². The molecule has 182 valence electrons. The molecule has 0 unspecified atom stereocenters. The van der Waals surface area contributed by atoms with Gasteiger partial charge in [0.15, 0.2) is 0 Å². The smallest absolute Gasteiger partial charge is 0.253 e. The fourth-order valence-corrected chi connectivity index (χ4v) is 4.24. The normalized spacial score (nSPS) is 13.0. The van der Waals surface area contributed by atoms with Gasteiger partial charge in [0.1, 0.15) is 11.6 Å². The number of rotatable bonds is 10. The highest BCUT2D eigenvalue weighted by atomic mass is 19.1. The van der Waals surface area contributed by atoms with E-state index in [1.54, 1.807) is 6.20 Å². The van der Waals surface area contributed by atoms with Crippen LogP contribution in [0.5, 0.6) is 0 Å². The average molecular weight is 478 g/mol. The molecular formula is C28H29F2N3O2. The third kappa shape index (κ3) is 6.32. The van der Waals surface area contributed by atoms with Crippen molar-refractivity contribution in [1.29, 1.82) is 0 Å². The Morgan fingerprint density at radius 3 is 2.49 bits per heavy atom. The van der Waals surface area contributed by atoms with Crippen molar-refractivity contribution in [2.24, 2.45) is 0 Å². The number of aromatic nitrogens is 1. The maximum Gasteiger partial charge on any atom is 0.253 e. The first kappa shape index (κ1) is 24.6. The first-order valence-electron chi connectivity index (χ1n) is 11.7. The first-order valence-corrected chi connectivity index (χ1v) is 11.7. The molecule has 0 aliphatic carbocycles. The number of halogens is 2. The number of benzene rings is 3. The van der Waals surface area contributed by atoms with Gasteiger partial charge in [0.2, 0.25) is 0 Å². The van der Waals surface area contributed by atoms with E-state index in [4.69, 9.17) is 0 Å². The van der Waals surface area contributed by atoms with Gasteiger partial charge in [0.25, 0.3) is 5.91 Å². The molecule has 4 rings (SSSR count). The number of amides is 1. The van der Waals surface area contributed by atoms with Crippen LogP contribution in [0.4, 0.5) is 8.78 Å². The maximum absolute atomic E-state index is 13.8. The summed E-state index contributed by atoms with van der Waals surface area (Å²) in [5.41, 5.74) is 3.91. The van der Waals surface area contributed by atoms with E-state index in [9.17, 15) is 18.7 Å². The number of aliphatic hydroxyl groups is 1. The van der Waals surface area contributed by atoms with E-state index in [0.29, 0.717) is 17.7 Å². The van der Waals surface area contributed by atoms with E-state index >= 15 is 0 Å². The van der Waals surface area contributed by atoms with Crippen LogP contribution in [-0.4, -0.2) is 34.7 Å². The van der Waals surface area contributed by atoms with Crippen LogP contribution in [0.15, 0.2) is 72.9 Å². The molecular weight excluding hydrogens is 448 g/mol. The molecule has 35 heavy (non-hydrogen) atoms. The van der Waals surface area contributed by atoms with Crippen molar-refractivity contribution >= 4 is 16.8 Å². The summed E-state index contributed by atoms with van der Waals surface area (Å²) in [6.07, 6.45) is 1.62. The molecule has 0 aliphatic heterocycles. The molecule has 1 heterocycles. The van der Waals surface area contributed by atoms with Crippen LogP contribution in [0.1, 0.15) is 34.0 Å². The second-order valence-electron chi connectivity index (χ2n) is 8.68. The van der Waals surface area contributed by atoms with Gasteiger partial charge in [-0.3, -0.25) is 4.79 Å². The van der Waals surface area contributed by atoms with E-state index < -0.39 is 23.8 Å². The molecule has 0 saturated carbocycles. The minimum atomic E-state index is -0.996. The second kappa shape index (κ2) is 11.3. The lowest BCUT2D eigenvalue weighted by atomic mass is 10.00. The van der Waals surface area contributed by atoms with E-state index in [1.165, 1.54) is 17.7 Å². The molecule has 5 nitrogen and oxygen atoms in total. The summed E-state index contributed by atoms with van der Waals surface area (Å²) in [6.45, 7) is 2.82. The van der Waals surface area contributed by atoms with Crippen LogP contribution in [0.25, 0.3) is 10.9 Å². The largest absolute Gasteiger partial charge is 0.390 e. The predicted octanol–water partition coefficient (Wildman–Crippen LogP) is 4.50. The minimum absolute atomic E-state index is 0.0664. The molecule has 0 fully saturated rings. The highest BCUT2D eigenvalue weighted by Crippen LogP contribution is 2.19. The Hall–Kier alpha value is -3.55. The van der Waals surface area contributed by atoms with Crippen molar-refractivity contribution < 1.29 is 18.7 Å². The summed E-state index contributed by atoms with van der Waals surface area (Å²) in [4.78, 5) is 16.2. The molecule has 4 aromatic rings. The molecule has 0 aliphatic rings. The van der Waals surface area contributed by atoms with E-state index in [0.717, 1.165) is 29.0 Å². The number of aromatic amines is 1. The van der Waals surface area contributed by atoms with Crippen LogP contribution in [0.2, 0.25) is 0 Å². The Morgan fingerprint density at radius 2 is 1.71 bits per heavy atom. The lowest BCUT2D eigenvalue weighted by Crippen LogP contribution is -2.48. The highest BCUT2D eigenvalue weighted by molar-refractivity contribution is 6.06. The summed E-state index contributed by atoms with van der Waals surface area (Å²) < 4.78 is 27.6. The van der Waals surface area contributed by atoms with Crippen molar-refractivity contribution in [2.75, 3.05) is 6.54 Å². The van der Waals surface area contributed by atoms with Crippen molar-refractivity contribution in [3.05, 3.63) is 107 Å². The molecule has 0 spiro atoms. The average Bonchev–Trinajstić information content (AvgIpc) is 3.27.